The molecule has 0 fully saturated rings. The molecule has 0 aliphatic heterocycles. The van der Waals surface area contributed by atoms with Crippen molar-refractivity contribution in [3.63, 3.8) is 0 Å². The number of nitrogens with two attached hydrogens (primary N) is 1. The third-order valence-corrected chi connectivity index (χ3v) is 3.37. The van der Waals surface area contributed by atoms with Gasteiger partial charge < -0.3 is 10.6 Å². The molecule has 0 saturated carbocycles. The van der Waals surface area contributed by atoms with E-state index in [0.29, 0.717) is 5.56 Å². The lowest BCUT2D eigenvalue weighted by Gasteiger charge is -2.13. The number of amidine groups is 1. The van der Waals surface area contributed by atoms with Gasteiger partial charge in [-0.2, -0.15) is 26.3 Å². The molecular weight excluding hydrogens is 398 g/mol. The zero-order valence-electron chi connectivity index (χ0n) is 14.1. The molecule has 2 rings (SSSR count). The predicted octanol–water partition coefficient (Wildman–Crippen LogP) is 2.53. The molecule has 2 heterocycles. The number of carbonyl (C=O) groups is 1. The third-order valence-electron chi connectivity index (χ3n) is 3.37. The van der Waals surface area contributed by atoms with Crippen molar-refractivity contribution in [1.82, 2.24) is 9.38 Å². The summed E-state index contributed by atoms with van der Waals surface area (Å²) < 4.78 is 76.9. The Morgan fingerprint density at radius 1 is 1.29 bits per heavy atom. The normalized spacial score (nSPS) is 13.0. The molecule has 2 aromatic rings. The van der Waals surface area contributed by atoms with Crippen molar-refractivity contribution >= 4 is 17.5 Å². The monoisotopic (exact) mass is 410 g/mol. The van der Waals surface area contributed by atoms with E-state index in [0.717, 1.165) is 10.6 Å². The Bertz CT molecular complexity index is 994. The van der Waals surface area contributed by atoms with E-state index in [1.807, 2.05) is 0 Å². The summed E-state index contributed by atoms with van der Waals surface area (Å²) in [5, 5.41) is 2.88. The van der Waals surface area contributed by atoms with Crippen LogP contribution in [0.15, 0.2) is 28.3 Å². The number of rotatable bonds is 4. The van der Waals surface area contributed by atoms with Crippen molar-refractivity contribution in [2.45, 2.75) is 32.1 Å². The molecule has 2 N–H and O–H groups in total. The molecule has 152 valence electrons. The van der Waals surface area contributed by atoms with Gasteiger partial charge in [0.15, 0.2) is 11.5 Å². The lowest BCUT2D eigenvalue weighted by molar-refractivity contribution is -0.157. The number of oxime groups is 1. The quantitative estimate of drug-likeness (QED) is 0.275. The molecular formula is C15H12F6N4O3. The van der Waals surface area contributed by atoms with Gasteiger partial charge in [0, 0.05) is 6.20 Å². The van der Waals surface area contributed by atoms with Crippen LogP contribution >= 0.6 is 0 Å². The maximum atomic E-state index is 13.3. The van der Waals surface area contributed by atoms with Crippen LogP contribution in [0.2, 0.25) is 0 Å². The van der Waals surface area contributed by atoms with Crippen LogP contribution in [0.5, 0.6) is 0 Å². The maximum Gasteiger partial charge on any atom is 0.434 e. The minimum atomic E-state index is -5.10. The Balaban J connectivity index is 2.46. The number of alkyl halides is 6. The van der Waals surface area contributed by atoms with Crippen LogP contribution in [0.3, 0.4) is 0 Å². The number of nitrogens with zero attached hydrogens (tertiary/aromatic N) is 3. The second kappa shape index (κ2) is 7.48. The average molecular weight is 410 g/mol. The summed E-state index contributed by atoms with van der Waals surface area (Å²) in [4.78, 5) is 31.1. The summed E-state index contributed by atoms with van der Waals surface area (Å²) in [6.07, 6.45) is -11.2. The van der Waals surface area contributed by atoms with E-state index in [1.165, 1.54) is 12.1 Å². The van der Waals surface area contributed by atoms with Gasteiger partial charge in [0.25, 0.3) is 5.56 Å². The Morgan fingerprint density at radius 3 is 2.50 bits per heavy atom. The highest BCUT2D eigenvalue weighted by Crippen LogP contribution is 2.29. The van der Waals surface area contributed by atoms with Crippen LogP contribution in [-0.4, -0.2) is 27.4 Å². The second-order valence-corrected chi connectivity index (χ2v) is 5.63. The molecule has 0 unspecified atom stereocenters. The van der Waals surface area contributed by atoms with Crippen LogP contribution in [0.1, 0.15) is 29.7 Å². The standard InChI is InChI=1S/C15H12F6N4O3/c1-7-3-5-25-8(6-7)23-11(15(19,20)21)10(13(25)27)12(22)24-28-9(26)2-4-14(16,17)18/h3,5-6H,2,4H2,1H3,(H2,22,24). The first kappa shape index (κ1) is 21.2. The Morgan fingerprint density at radius 2 is 1.93 bits per heavy atom. The molecule has 0 bridgehead atoms. The number of hydrogen-bond acceptors (Lipinski definition) is 5. The zero-order valence-corrected chi connectivity index (χ0v) is 14.1. The topological polar surface area (TPSA) is 99.0 Å². The van der Waals surface area contributed by atoms with Crippen molar-refractivity contribution in [2.75, 3.05) is 0 Å². The third kappa shape index (κ3) is 4.98. The first-order valence-corrected chi connectivity index (χ1v) is 7.50. The molecule has 0 radical (unpaired) electrons. The van der Waals surface area contributed by atoms with Gasteiger partial charge in [-0.25, -0.2) is 9.78 Å². The molecule has 0 amide bonds. The number of halogens is 6. The summed E-state index contributed by atoms with van der Waals surface area (Å²) in [6.45, 7) is 1.57. The molecule has 0 aliphatic rings. The Labute approximate surface area is 152 Å². The van der Waals surface area contributed by atoms with E-state index in [4.69, 9.17) is 5.73 Å². The van der Waals surface area contributed by atoms with Crippen LogP contribution < -0.4 is 11.3 Å². The molecule has 0 saturated heterocycles. The molecule has 13 heteroatoms. The van der Waals surface area contributed by atoms with Crippen LogP contribution in [0.25, 0.3) is 5.65 Å². The van der Waals surface area contributed by atoms with E-state index >= 15 is 0 Å². The lowest BCUT2D eigenvalue weighted by atomic mass is 10.2. The Kier molecular flexibility index (Phi) is 5.66. The maximum absolute atomic E-state index is 13.3. The van der Waals surface area contributed by atoms with E-state index in [-0.39, 0.29) is 5.65 Å². The fourth-order valence-corrected chi connectivity index (χ4v) is 2.11. The molecule has 0 spiro atoms. The zero-order chi connectivity index (χ0) is 21.3. The fraction of sp³-hybridized carbons (Fsp3) is 0.333. The van der Waals surface area contributed by atoms with Gasteiger partial charge >= 0.3 is 18.3 Å². The molecule has 0 aliphatic carbocycles. The number of hydrogen-bond donors (Lipinski definition) is 1. The van der Waals surface area contributed by atoms with Crippen LogP contribution in [0.4, 0.5) is 26.3 Å². The number of aromatic nitrogens is 2. The van der Waals surface area contributed by atoms with Crippen LogP contribution in [-0.2, 0) is 15.8 Å². The highest BCUT2D eigenvalue weighted by molar-refractivity contribution is 5.98. The van der Waals surface area contributed by atoms with Gasteiger partial charge in [-0.1, -0.05) is 5.16 Å². The minimum Gasteiger partial charge on any atom is -0.380 e. The largest absolute Gasteiger partial charge is 0.434 e. The second-order valence-electron chi connectivity index (χ2n) is 5.63. The molecule has 0 aromatic carbocycles. The van der Waals surface area contributed by atoms with Crippen molar-refractivity contribution in [1.29, 1.82) is 0 Å². The highest BCUT2D eigenvalue weighted by Gasteiger charge is 2.39. The van der Waals surface area contributed by atoms with Crippen molar-refractivity contribution < 1.29 is 36.0 Å². The summed E-state index contributed by atoms with van der Waals surface area (Å²) in [6, 6.07) is 2.66. The summed E-state index contributed by atoms with van der Waals surface area (Å²) in [5.41, 5.74) is 1.45. The van der Waals surface area contributed by atoms with Crippen LogP contribution in [0, 0.1) is 6.92 Å². The number of carbonyl (C=O) groups excluding carboxylic acids is 1. The van der Waals surface area contributed by atoms with Gasteiger partial charge in [-0.15, -0.1) is 0 Å². The number of aryl methyl sites for hydroxylation is 1. The first-order valence-electron chi connectivity index (χ1n) is 7.50. The van der Waals surface area contributed by atoms with Gasteiger partial charge in [0.05, 0.1) is 12.8 Å². The smallest absolute Gasteiger partial charge is 0.380 e. The van der Waals surface area contributed by atoms with Gasteiger partial charge in [-0.3, -0.25) is 9.20 Å². The van der Waals surface area contributed by atoms with E-state index in [2.05, 4.69) is 15.0 Å². The van der Waals surface area contributed by atoms with Crippen molar-refractivity contribution in [3.05, 3.63) is 45.5 Å². The fourth-order valence-electron chi connectivity index (χ4n) is 2.11. The van der Waals surface area contributed by atoms with Gasteiger partial charge in [0.2, 0.25) is 0 Å². The molecule has 2 aromatic heterocycles. The molecule has 7 nitrogen and oxygen atoms in total. The first-order chi connectivity index (χ1) is 12.8. The SMILES string of the molecule is Cc1ccn2c(=O)c(/C(N)=N/OC(=O)CCC(F)(F)F)c(C(F)(F)F)nc2c1. The Hall–Kier alpha value is -3.12. The van der Waals surface area contributed by atoms with Crippen molar-refractivity contribution in [3.8, 4) is 0 Å². The van der Waals surface area contributed by atoms with Gasteiger partial charge in [0.1, 0.15) is 11.2 Å². The number of pyridine rings is 1. The summed E-state index contributed by atoms with van der Waals surface area (Å²) in [7, 11) is 0. The van der Waals surface area contributed by atoms with E-state index in [1.54, 1.807) is 6.92 Å². The molecule has 28 heavy (non-hydrogen) atoms. The van der Waals surface area contributed by atoms with E-state index < -0.39 is 53.8 Å². The average Bonchev–Trinajstić information content (AvgIpc) is 2.55. The summed E-state index contributed by atoms with van der Waals surface area (Å²) in [5.74, 6) is -2.64. The van der Waals surface area contributed by atoms with Crippen molar-refractivity contribution in [2.24, 2.45) is 10.9 Å². The molecule has 0 atom stereocenters. The number of fused-ring (bicyclic) bond motifs is 1. The highest BCUT2D eigenvalue weighted by atomic mass is 19.4. The minimum absolute atomic E-state index is 0.309. The van der Waals surface area contributed by atoms with E-state index in [9.17, 15) is 35.9 Å². The lowest BCUT2D eigenvalue weighted by Crippen LogP contribution is -2.33. The predicted molar refractivity (Wildman–Crippen MR) is 83.3 cm³/mol. The summed E-state index contributed by atoms with van der Waals surface area (Å²) >= 11 is 0. The van der Waals surface area contributed by atoms with Gasteiger partial charge in [-0.05, 0) is 24.6 Å².